The maximum absolute atomic E-state index is 12.2. The standard InChI is InChI=1S/C16H17NO3S/c1-10-8-13(11(2)21-10)15(18)17-14(16(19)20)9-12-6-4-3-5-7-12/h3-8,14H,9H2,1-2H3,(H,17,18)(H,19,20)/t14-/m1/s1. The molecule has 4 nitrogen and oxygen atoms in total. The number of aliphatic carboxylic acids is 1. The summed E-state index contributed by atoms with van der Waals surface area (Å²) in [7, 11) is 0. The Morgan fingerprint density at radius 1 is 1.24 bits per heavy atom. The van der Waals surface area contributed by atoms with Crippen molar-refractivity contribution in [1.82, 2.24) is 5.32 Å². The first-order valence-corrected chi connectivity index (χ1v) is 7.43. The SMILES string of the molecule is Cc1cc(C(=O)N[C@H](Cc2ccccc2)C(=O)O)c(C)s1. The van der Waals surface area contributed by atoms with Gasteiger partial charge in [-0.25, -0.2) is 4.79 Å². The van der Waals surface area contributed by atoms with E-state index in [1.165, 1.54) is 11.3 Å². The molecule has 110 valence electrons. The number of carbonyl (C=O) groups is 2. The molecule has 0 fully saturated rings. The summed E-state index contributed by atoms with van der Waals surface area (Å²) in [5, 5.41) is 11.9. The molecule has 2 aromatic rings. The van der Waals surface area contributed by atoms with Crippen molar-refractivity contribution in [3.63, 3.8) is 0 Å². The van der Waals surface area contributed by atoms with Gasteiger partial charge in [-0.05, 0) is 25.5 Å². The number of rotatable bonds is 5. The van der Waals surface area contributed by atoms with Crippen molar-refractivity contribution in [3.05, 3.63) is 57.3 Å². The third-order valence-corrected chi connectivity index (χ3v) is 4.14. The van der Waals surface area contributed by atoms with Gasteiger partial charge in [0.15, 0.2) is 0 Å². The van der Waals surface area contributed by atoms with Gasteiger partial charge in [0.1, 0.15) is 6.04 Å². The molecular weight excluding hydrogens is 286 g/mol. The molecule has 0 radical (unpaired) electrons. The van der Waals surface area contributed by atoms with Gasteiger partial charge in [-0.1, -0.05) is 30.3 Å². The van der Waals surface area contributed by atoms with Crippen molar-refractivity contribution in [1.29, 1.82) is 0 Å². The predicted octanol–water partition coefficient (Wildman–Crippen LogP) is 2.79. The van der Waals surface area contributed by atoms with E-state index in [0.29, 0.717) is 5.56 Å². The minimum atomic E-state index is -1.03. The second-order valence-electron chi connectivity index (χ2n) is 4.88. The van der Waals surface area contributed by atoms with Gasteiger partial charge in [-0.2, -0.15) is 0 Å². The molecule has 0 aliphatic carbocycles. The van der Waals surface area contributed by atoms with Crippen LogP contribution >= 0.6 is 11.3 Å². The van der Waals surface area contributed by atoms with Gasteiger partial charge >= 0.3 is 5.97 Å². The van der Waals surface area contributed by atoms with Gasteiger partial charge in [0.2, 0.25) is 0 Å². The highest BCUT2D eigenvalue weighted by Crippen LogP contribution is 2.20. The molecule has 0 unspecified atom stereocenters. The topological polar surface area (TPSA) is 66.4 Å². The number of hydrogen-bond donors (Lipinski definition) is 2. The van der Waals surface area contributed by atoms with E-state index < -0.39 is 12.0 Å². The highest BCUT2D eigenvalue weighted by molar-refractivity contribution is 7.12. The molecule has 2 N–H and O–H groups in total. The second kappa shape index (κ2) is 6.54. The fraction of sp³-hybridized carbons (Fsp3) is 0.250. The van der Waals surface area contributed by atoms with E-state index >= 15 is 0 Å². The quantitative estimate of drug-likeness (QED) is 0.892. The number of hydrogen-bond acceptors (Lipinski definition) is 3. The van der Waals surface area contributed by atoms with Crippen molar-refractivity contribution >= 4 is 23.2 Å². The zero-order valence-corrected chi connectivity index (χ0v) is 12.7. The van der Waals surface area contributed by atoms with E-state index in [0.717, 1.165) is 15.3 Å². The molecule has 1 heterocycles. The zero-order chi connectivity index (χ0) is 15.4. The van der Waals surface area contributed by atoms with E-state index in [9.17, 15) is 14.7 Å². The summed E-state index contributed by atoms with van der Waals surface area (Å²) in [4.78, 5) is 25.5. The third kappa shape index (κ3) is 3.92. The van der Waals surface area contributed by atoms with Crippen LogP contribution in [0.5, 0.6) is 0 Å². The summed E-state index contributed by atoms with van der Waals surface area (Å²) in [6.07, 6.45) is 0.268. The highest BCUT2D eigenvalue weighted by atomic mass is 32.1. The van der Waals surface area contributed by atoms with Gasteiger partial charge in [-0.3, -0.25) is 4.79 Å². The monoisotopic (exact) mass is 303 g/mol. The Hall–Kier alpha value is -2.14. The number of aryl methyl sites for hydroxylation is 2. The van der Waals surface area contributed by atoms with Gasteiger partial charge in [0, 0.05) is 16.2 Å². The molecule has 0 aliphatic heterocycles. The van der Waals surface area contributed by atoms with E-state index in [1.54, 1.807) is 6.07 Å². The van der Waals surface area contributed by atoms with Crippen LogP contribution in [0, 0.1) is 13.8 Å². The van der Waals surface area contributed by atoms with Crippen LogP contribution in [0.2, 0.25) is 0 Å². The normalized spacial score (nSPS) is 11.9. The van der Waals surface area contributed by atoms with E-state index in [4.69, 9.17) is 0 Å². The lowest BCUT2D eigenvalue weighted by molar-refractivity contribution is -0.139. The van der Waals surface area contributed by atoms with E-state index in [-0.39, 0.29) is 12.3 Å². The van der Waals surface area contributed by atoms with Crippen LogP contribution < -0.4 is 5.32 Å². The van der Waals surface area contributed by atoms with Crippen LogP contribution in [0.3, 0.4) is 0 Å². The van der Waals surface area contributed by atoms with Crippen molar-refractivity contribution in [2.24, 2.45) is 0 Å². The van der Waals surface area contributed by atoms with Crippen LogP contribution in [0.4, 0.5) is 0 Å². The molecule has 0 spiro atoms. The number of thiophene rings is 1. The molecular formula is C16H17NO3S. The Labute approximate surface area is 127 Å². The molecule has 0 aliphatic rings. The lowest BCUT2D eigenvalue weighted by atomic mass is 10.1. The van der Waals surface area contributed by atoms with Gasteiger partial charge in [0.25, 0.3) is 5.91 Å². The lowest BCUT2D eigenvalue weighted by Gasteiger charge is -2.14. The van der Waals surface area contributed by atoms with Gasteiger partial charge < -0.3 is 10.4 Å². The van der Waals surface area contributed by atoms with Crippen LogP contribution in [0.1, 0.15) is 25.7 Å². The molecule has 5 heteroatoms. The smallest absolute Gasteiger partial charge is 0.326 e. The molecule has 1 atom stereocenters. The lowest BCUT2D eigenvalue weighted by Crippen LogP contribution is -2.42. The Morgan fingerprint density at radius 3 is 2.43 bits per heavy atom. The van der Waals surface area contributed by atoms with Gasteiger partial charge in [-0.15, -0.1) is 11.3 Å². The Bertz CT molecular complexity index is 649. The van der Waals surface area contributed by atoms with Crippen LogP contribution in [0.25, 0.3) is 0 Å². The van der Waals surface area contributed by atoms with Crippen LogP contribution in [0.15, 0.2) is 36.4 Å². The molecule has 1 aromatic carbocycles. The summed E-state index contributed by atoms with van der Waals surface area (Å²) in [6, 6.07) is 10.1. The van der Waals surface area contributed by atoms with E-state index in [2.05, 4.69) is 5.32 Å². The second-order valence-corrected chi connectivity index (χ2v) is 6.34. The van der Waals surface area contributed by atoms with Crippen LogP contribution in [-0.2, 0) is 11.2 Å². The Kier molecular flexibility index (Phi) is 4.75. The molecule has 2 rings (SSSR count). The largest absolute Gasteiger partial charge is 0.480 e. The van der Waals surface area contributed by atoms with E-state index in [1.807, 2.05) is 44.2 Å². The number of amides is 1. The Morgan fingerprint density at radius 2 is 1.90 bits per heavy atom. The van der Waals surface area contributed by atoms with Crippen molar-refractivity contribution in [2.45, 2.75) is 26.3 Å². The predicted molar refractivity (Wildman–Crippen MR) is 82.8 cm³/mol. The molecule has 0 saturated carbocycles. The number of carboxylic acid groups (broad SMARTS) is 1. The number of carbonyl (C=O) groups excluding carboxylic acids is 1. The summed E-state index contributed by atoms with van der Waals surface area (Å²) in [6.45, 7) is 3.78. The maximum atomic E-state index is 12.2. The van der Waals surface area contributed by atoms with Crippen LogP contribution in [-0.4, -0.2) is 23.0 Å². The molecule has 1 aromatic heterocycles. The average molecular weight is 303 g/mol. The molecule has 21 heavy (non-hydrogen) atoms. The van der Waals surface area contributed by atoms with Gasteiger partial charge in [0.05, 0.1) is 5.56 Å². The van der Waals surface area contributed by atoms with Crippen molar-refractivity contribution < 1.29 is 14.7 Å². The average Bonchev–Trinajstić information content (AvgIpc) is 2.78. The number of carboxylic acids is 1. The fourth-order valence-electron chi connectivity index (χ4n) is 2.14. The molecule has 0 saturated heterocycles. The zero-order valence-electron chi connectivity index (χ0n) is 11.9. The molecule has 0 bridgehead atoms. The minimum absolute atomic E-state index is 0.268. The summed E-state index contributed by atoms with van der Waals surface area (Å²) >= 11 is 1.53. The number of nitrogens with one attached hydrogen (secondary N) is 1. The first kappa shape index (κ1) is 15.3. The van der Waals surface area contributed by atoms with Crippen molar-refractivity contribution in [3.8, 4) is 0 Å². The molecule has 1 amide bonds. The highest BCUT2D eigenvalue weighted by Gasteiger charge is 2.22. The minimum Gasteiger partial charge on any atom is -0.480 e. The maximum Gasteiger partial charge on any atom is 0.326 e. The fourth-order valence-corrected chi connectivity index (χ4v) is 3.06. The summed E-state index contributed by atoms with van der Waals surface area (Å²) in [5.41, 5.74) is 1.43. The summed E-state index contributed by atoms with van der Waals surface area (Å²) < 4.78 is 0. The summed E-state index contributed by atoms with van der Waals surface area (Å²) in [5.74, 6) is -1.36. The Balaban J connectivity index is 2.11. The number of benzene rings is 1. The first-order valence-electron chi connectivity index (χ1n) is 6.62. The van der Waals surface area contributed by atoms with Crippen molar-refractivity contribution in [2.75, 3.05) is 0 Å². The third-order valence-electron chi connectivity index (χ3n) is 3.17. The first-order chi connectivity index (χ1) is 9.97.